The van der Waals surface area contributed by atoms with Crippen molar-refractivity contribution in [2.45, 2.75) is 45.5 Å². The molecule has 1 aliphatic heterocycles. The van der Waals surface area contributed by atoms with Crippen molar-refractivity contribution in [3.05, 3.63) is 70.2 Å². The highest BCUT2D eigenvalue weighted by molar-refractivity contribution is 6.56. The summed E-state index contributed by atoms with van der Waals surface area (Å²) in [5.41, 5.74) is 7.71. The normalized spacial score (nSPS) is 17.5. The van der Waals surface area contributed by atoms with Gasteiger partial charge in [-0.1, -0.05) is 54.1 Å². The van der Waals surface area contributed by atoms with E-state index in [0.717, 1.165) is 11.1 Å². The van der Waals surface area contributed by atoms with E-state index >= 15 is 0 Å². The van der Waals surface area contributed by atoms with Crippen LogP contribution in [0.4, 0.5) is 10.5 Å². The highest BCUT2D eigenvalue weighted by atomic mass is 35.5. The number of carbonyl (C=O) groups is 1. The monoisotopic (exact) mass is 442 g/mol. The molecule has 6 nitrogen and oxygen atoms in total. The van der Waals surface area contributed by atoms with Gasteiger partial charge in [-0.15, -0.1) is 0 Å². The van der Waals surface area contributed by atoms with E-state index < -0.39 is 24.4 Å². The van der Waals surface area contributed by atoms with Gasteiger partial charge in [0.1, 0.15) is 6.61 Å². The lowest BCUT2D eigenvalue weighted by atomic mass is 9.77. The van der Waals surface area contributed by atoms with Gasteiger partial charge in [0, 0.05) is 17.3 Å². The number of nitrogens with two attached hydrogens (primary N) is 1. The van der Waals surface area contributed by atoms with Crippen molar-refractivity contribution in [1.82, 2.24) is 5.32 Å². The Labute approximate surface area is 188 Å². The minimum atomic E-state index is -0.645. The summed E-state index contributed by atoms with van der Waals surface area (Å²) in [6, 6.07) is 14.7. The maximum absolute atomic E-state index is 12.3. The number of nitrogen functional groups attached to an aromatic ring is 1. The van der Waals surface area contributed by atoms with Crippen LogP contribution in [0, 0.1) is 0 Å². The zero-order valence-corrected chi connectivity index (χ0v) is 19.0. The van der Waals surface area contributed by atoms with Gasteiger partial charge in [0.15, 0.2) is 0 Å². The molecule has 2 aromatic carbocycles. The van der Waals surface area contributed by atoms with Crippen LogP contribution in [0.2, 0.25) is 5.02 Å². The first-order valence-corrected chi connectivity index (χ1v) is 10.5. The van der Waals surface area contributed by atoms with Crippen LogP contribution in [0.1, 0.15) is 38.8 Å². The summed E-state index contributed by atoms with van der Waals surface area (Å²) in [6.07, 6.45) is 1.32. The van der Waals surface area contributed by atoms with Gasteiger partial charge in [0.25, 0.3) is 0 Å². The number of anilines is 1. The lowest BCUT2D eigenvalue weighted by molar-refractivity contribution is 0.00578. The summed E-state index contributed by atoms with van der Waals surface area (Å²) >= 11 is 6.35. The molecule has 1 fully saturated rings. The van der Waals surface area contributed by atoms with Crippen LogP contribution in [0.15, 0.2) is 54.0 Å². The zero-order chi connectivity index (χ0) is 22.6. The number of hydrogen-bond donors (Lipinski definition) is 2. The summed E-state index contributed by atoms with van der Waals surface area (Å²) < 4.78 is 17.7. The van der Waals surface area contributed by atoms with Gasteiger partial charge in [-0.2, -0.15) is 0 Å². The molecule has 0 spiro atoms. The van der Waals surface area contributed by atoms with Crippen molar-refractivity contribution in [1.29, 1.82) is 0 Å². The summed E-state index contributed by atoms with van der Waals surface area (Å²) in [5, 5.41) is 3.28. The smallest absolute Gasteiger partial charge is 0.445 e. The van der Waals surface area contributed by atoms with Crippen LogP contribution >= 0.6 is 11.6 Å². The molecule has 0 aromatic heterocycles. The highest BCUT2D eigenvalue weighted by Gasteiger charge is 2.52. The molecule has 1 aliphatic rings. The molecule has 1 amide bonds. The first-order valence-electron chi connectivity index (χ1n) is 10.1. The Morgan fingerprint density at radius 2 is 1.77 bits per heavy atom. The topological polar surface area (TPSA) is 82.8 Å². The number of carbonyl (C=O) groups excluding carboxylic acids is 1. The molecule has 1 heterocycles. The van der Waals surface area contributed by atoms with Crippen molar-refractivity contribution in [3.8, 4) is 0 Å². The number of alkyl carbamates (subject to hydrolysis) is 1. The van der Waals surface area contributed by atoms with Gasteiger partial charge in [-0.05, 0) is 56.4 Å². The molecule has 1 saturated heterocycles. The molecule has 0 unspecified atom stereocenters. The molecule has 0 radical (unpaired) electrons. The molecular formula is C23H28BClN2O4. The van der Waals surface area contributed by atoms with E-state index in [9.17, 15) is 4.79 Å². The minimum absolute atomic E-state index is 0.172. The number of halogens is 1. The molecular weight excluding hydrogens is 415 g/mol. The van der Waals surface area contributed by atoms with E-state index in [-0.39, 0.29) is 13.2 Å². The second-order valence-corrected chi connectivity index (χ2v) is 8.91. The Hall–Kier alpha value is -2.48. The lowest BCUT2D eigenvalue weighted by Crippen LogP contribution is -2.41. The fourth-order valence-corrected chi connectivity index (χ4v) is 3.25. The minimum Gasteiger partial charge on any atom is -0.445 e. The van der Waals surface area contributed by atoms with Gasteiger partial charge < -0.3 is 25.1 Å². The quantitative estimate of drug-likeness (QED) is 0.493. The van der Waals surface area contributed by atoms with Crippen LogP contribution in [0.5, 0.6) is 0 Å². The van der Waals surface area contributed by atoms with Gasteiger partial charge in [-0.3, -0.25) is 0 Å². The highest BCUT2D eigenvalue weighted by Crippen LogP contribution is 2.39. The van der Waals surface area contributed by atoms with Crippen molar-refractivity contribution in [2.75, 3.05) is 12.3 Å². The van der Waals surface area contributed by atoms with Gasteiger partial charge in [0.2, 0.25) is 0 Å². The molecule has 31 heavy (non-hydrogen) atoms. The molecule has 164 valence electrons. The third-order valence-electron chi connectivity index (χ3n) is 5.57. The molecule has 0 aliphatic carbocycles. The number of nitrogens with one attached hydrogen (secondary N) is 1. The number of amides is 1. The van der Waals surface area contributed by atoms with Crippen LogP contribution in [0.3, 0.4) is 0 Å². The van der Waals surface area contributed by atoms with Gasteiger partial charge in [-0.25, -0.2) is 4.79 Å². The molecule has 8 heteroatoms. The predicted molar refractivity (Wildman–Crippen MR) is 125 cm³/mol. The van der Waals surface area contributed by atoms with Crippen LogP contribution in [-0.2, 0) is 20.7 Å². The summed E-state index contributed by atoms with van der Waals surface area (Å²) in [5.74, 6) is 0. The Bertz CT molecular complexity index is 947. The van der Waals surface area contributed by atoms with E-state index in [2.05, 4.69) is 5.32 Å². The maximum Gasteiger partial charge on any atom is 0.492 e. The van der Waals surface area contributed by atoms with Crippen LogP contribution in [-0.4, -0.2) is 31.0 Å². The third-order valence-corrected chi connectivity index (χ3v) is 5.90. The van der Waals surface area contributed by atoms with Crippen molar-refractivity contribution in [2.24, 2.45) is 0 Å². The standard InChI is InChI=1S/C23H28BClN2O4/c1-22(2)23(3,4)31-24(30-22)18(12-17-10-11-19(26)13-20(17)25)14-27-21(28)29-15-16-8-6-5-7-9-16/h5-13H,14-15,26H2,1-4H3,(H,27,28). The summed E-state index contributed by atoms with van der Waals surface area (Å²) in [7, 11) is -0.645. The molecule has 3 rings (SSSR count). The van der Waals surface area contributed by atoms with Crippen LogP contribution in [0.25, 0.3) is 6.08 Å². The van der Waals surface area contributed by atoms with E-state index in [1.165, 1.54) is 0 Å². The molecule has 0 atom stereocenters. The van der Waals surface area contributed by atoms with Crippen LogP contribution < -0.4 is 11.1 Å². The number of rotatable bonds is 6. The second kappa shape index (κ2) is 9.34. The number of benzene rings is 2. The van der Waals surface area contributed by atoms with E-state index in [1.54, 1.807) is 12.1 Å². The average molecular weight is 443 g/mol. The first kappa shape index (κ1) is 23.2. The average Bonchev–Trinajstić information content (AvgIpc) is 2.93. The van der Waals surface area contributed by atoms with Crippen molar-refractivity contribution < 1.29 is 18.8 Å². The Balaban J connectivity index is 1.74. The summed E-state index contributed by atoms with van der Waals surface area (Å²) in [6.45, 7) is 8.26. The number of ether oxygens (including phenoxy) is 1. The van der Waals surface area contributed by atoms with E-state index in [1.807, 2.05) is 70.2 Å². The molecule has 3 N–H and O–H groups in total. The molecule has 0 bridgehead atoms. The fraction of sp³-hybridized carbons (Fsp3) is 0.348. The Morgan fingerprint density at radius 3 is 2.39 bits per heavy atom. The van der Waals surface area contributed by atoms with E-state index in [4.69, 9.17) is 31.4 Å². The Morgan fingerprint density at radius 1 is 1.13 bits per heavy atom. The van der Waals surface area contributed by atoms with Gasteiger partial charge in [0.05, 0.1) is 11.2 Å². The second-order valence-electron chi connectivity index (χ2n) is 8.50. The third kappa shape index (κ3) is 5.82. The SMILES string of the molecule is CC1(C)OB(C(=Cc2ccc(N)cc2Cl)CNC(=O)OCc2ccccc2)OC1(C)C. The summed E-state index contributed by atoms with van der Waals surface area (Å²) in [4.78, 5) is 12.3. The molecule has 2 aromatic rings. The largest absolute Gasteiger partial charge is 0.492 e. The molecule has 0 saturated carbocycles. The zero-order valence-electron chi connectivity index (χ0n) is 18.3. The maximum atomic E-state index is 12.3. The van der Waals surface area contributed by atoms with Crippen molar-refractivity contribution in [3.63, 3.8) is 0 Å². The Kier molecular flexibility index (Phi) is 6.99. The van der Waals surface area contributed by atoms with E-state index in [0.29, 0.717) is 16.2 Å². The first-order chi connectivity index (χ1) is 14.6. The van der Waals surface area contributed by atoms with Crippen molar-refractivity contribution >= 4 is 36.6 Å². The predicted octanol–water partition coefficient (Wildman–Crippen LogP) is 4.86. The lowest BCUT2D eigenvalue weighted by Gasteiger charge is -2.32. The van der Waals surface area contributed by atoms with Gasteiger partial charge >= 0.3 is 13.2 Å². The fourth-order valence-electron chi connectivity index (χ4n) is 3.01. The number of hydrogen-bond acceptors (Lipinski definition) is 5.